The van der Waals surface area contributed by atoms with Crippen molar-refractivity contribution in [2.45, 2.75) is 45.2 Å². The van der Waals surface area contributed by atoms with Crippen LogP contribution in [0.4, 0.5) is 0 Å². The molecule has 2 aliphatic heterocycles. The number of nitrogens with zero attached hydrogens (tertiary/aromatic N) is 2. The molecule has 2 rings (SSSR count). The van der Waals surface area contributed by atoms with Gasteiger partial charge in [0, 0.05) is 12.6 Å². The Bertz CT molecular complexity index is 257. The third-order valence-corrected chi connectivity index (χ3v) is 3.88. The lowest BCUT2D eigenvalue weighted by molar-refractivity contribution is -0.129. The first-order chi connectivity index (χ1) is 7.76. The van der Waals surface area contributed by atoms with Crippen LogP contribution in [0.25, 0.3) is 0 Å². The summed E-state index contributed by atoms with van der Waals surface area (Å²) in [6.45, 7) is 8.23. The van der Waals surface area contributed by atoms with Crippen LogP contribution in [0.1, 0.15) is 33.1 Å². The van der Waals surface area contributed by atoms with E-state index in [0.717, 1.165) is 26.2 Å². The zero-order valence-corrected chi connectivity index (χ0v) is 10.4. The van der Waals surface area contributed by atoms with E-state index in [1.165, 1.54) is 19.4 Å². The van der Waals surface area contributed by atoms with E-state index >= 15 is 0 Å². The summed E-state index contributed by atoms with van der Waals surface area (Å²) in [6, 6.07) is 0.655. The summed E-state index contributed by atoms with van der Waals surface area (Å²) in [5, 5.41) is 3.27. The molecule has 92 valence electrons. The number of hydrogen-bond donors (Lipinski definition) is 1. The van der Waals surface area contributed by atoms with Crippen LogP contribution in [0.5, 0.6) is 0 Å². The lowest BCUT2D eigenvalue weighted by Crippen LogP contribution is -2.41. The molecule has 0 bridgehead atoms. The summed E-state index contributed by atoms with van der Waals surface area (Å²) in [5.41, 5.74) is 0. The van der Waals surface area contributed by atoms with Crippen molar-refractivity contribution in [3.05, 3.63) is 0 Å². The number of amides is 1. The summed E-state index contributed by atoms with van der Waals surface area (Å²) in [7, 11) is 0. The molecule has 2 unspecified atom stereocenters. The second kappa shape index (κ2) is 5.15. The van der Waals surface area contributed by atoms with Crippen molar-refractivity contribution >= 4 is 5.91 Å². The van der Waals surface area contributed by atoms with Crippen molar-refractivity contribution in [1.29, 1.82) is 0 Å². The van der Waals surface area contributed by atoms with Gasteiger partial charge in [0.2, 0.25) is 5.91 Å². The fraction of sp³-hybridized carbons (Fsp3) is 0.917. The molecule has 0 spiro atoms. The first kappa shape index (κ1) is 11.9. The summed E-state index contributed by atoms with van der Waals surface area (Å²) >= 11 is 0. The van der Waals surface area contributed by atoms with Crippen LogP contribution in [0, 0.1) is 0 Å². The molecule has 2 atom stereocenters. The van der Waals surface area contributed by atoms with Gasteiger partial charge in [-0.2, -0.15) is 0 Å². The molecule has 2 heterocycles. The van der Waals surface area contributed by atoms with Gasteiger partial charge >= 0.3 is 0 Å². The van der Waals surface area contributed by atoms with Crippen molar-refractivity contribution in [2.75, 3.05) is 26.3 Å². The molecule has 16 heavy (non-hydrogen) atoms. The maximum absolute atomic E-state index is 12.0. The van der Waals surface area contributed by atoms with Gasteiger partial charge in [0.05, 0.1) is 12.7 Å². The van der Waals surface area contributed by atoms with E-state index in [-0.39, 0.29) is 6.04 Å². The average Bonchev–Trinajstić information content (AvgIpc) is 2.87. The Hall–Kier alpha value is -0.610. The van der Waals surface area contributed by atoms with E-state index < -0.39 is 0 Å². The Labute approximate surface area is 98.0 Å². The van der Waals surface area contributed by atoms with Gasteiger partial charge in [0.25, 0.3) is 0 Å². The second-order valence-electron chi connectivity index (χ2n) is 4.81. The Morgan fingerprint density at radius 3 is 2.88 bits per heavy atom. The highest BCUT2D eigenvalue weighted by atomic mass is 16.2. The van der Waals surface area contributed by atoms with Crippen LogP contribution >= 0.6 is 0 Å². The molecule has 1 N–H and O–H groups in total. The zero-order chi connectivity index (χ0) is 11.5. The molecular formula is C12H23N3O. The van der Waals surface area contributed by atoms with E-state index in [1.807, 2.05) is 4.90 Å². The molecule has 4 nitrogen and oxygen atoms in total. The quantitative estimate of drug-likeness (QED) is 0.762. The lowest BCUT2D eigenvalue weighted by Gasteiger charge is -2.27. The van der Waals surface area contributed by atoms with Crippen molar-refractivity contribution in [1.82, 2.24) is 15.1 Å². The summed E-state index contributed by atoms with van der Waals surface area (Å²) < 4.78 is 0. The van der Waals surface area contributed by atoms with Crippen molar-refractivity contribution in [3.8, 4) is 0 Å². The summed E-state index contributed by atoms with van der Waals surface area (Å²) in [4.78, 5) is 16.4. The monoisotopic (exact) mass is 225 g/mol. The number of nitrogens with one attached hydrogen (secondary N) is 1. The Balaban J connectivity index is 1.88. The van der Waals surface area contributed by atoms with E-state index in [9.17, 15) is 4.79 Å². The van der Waals surface area contributed by atoms with E-state index in [0.29, 0.717) is 11.9 Å². The van der Waals surface area contributed by atoms with Crippen LogP contribution in [0.3, 0.4) is 0 Å². The highest BCUT2D eigenvalue weighted by molar-refractivity contribution is 5.83. The van der Waals surface area contributed by atoms with Gasteiger partial charge in [-0.25, -0.2) is 0 Å². The fourth-order valence-electron chi connectivity index (χ4n) is 2.85. The van der Waals surface area contributed by atoms with E-state index in [2.05, 4.69) is 24.1 Å². The number of hydrogen-bond acceptors (Lipinski definition) is 3. The molecule has 1 amide bonds. The predicted molar refractivity (Wildman–Crippen MR) is 64.1 cm³/mol. The molecule has 0 aromatic heterocycles. The standard InChI is InChI=1S/C12H23N3O/c1-3-11-12(16)15(9-13-11)8-10-6-5-7-14(10)4-2/h10-11,13H,3-9H2,1-2H3. The number of likely N-dealkylation sites (tertiary alicyclic amines) is 1. The maximum Gasteiger partial charge on any atom is 0.240 e. The van der Waals surface area contributed by atoms with Gasteiger partial charge in [0.1, 0.15) is 0 Å². The molecular weight excluding hydrogens is 202 g/mol. The van der Waals surface area contributed by atoms with Gasteiger partial charge in [-0.1, -0.05) is 13.8 Å². The number of carbonyl (C=O) groups is 1. The van der Waals surface area contributed by atoms with E-state index in [4.69, 9.17) is 0 Å². The SMILES string of the molecule is CCC1NCN(CC2CCCN2CC)C1=O. The van der Waals surface area contributed by atoms with Gasteiger partial charge in [-0.3, -0.25) is 15.0 Å². The average molecular weight is 225 g/mol. The van der Waals surface area contributed by atoms with Crippen LogP contribution in [0.15, 0.2) is 0 Å². The molecule has 0 aromatic rings. The minimum absolute atomic E-state index is 0.0662. The molecule has 0 aromatic carbocycles. The van der Waals surface area contributed by atoms with Gasteiger partial charge in [-0.15, -0.1) is 0 Å². The van der Waals surface area contributed by atoms with Crippen LogP contribution < -0.4 is 5.32 Å². The predicted octanol–water partition coefficient (Wildman–Crippen LogP) is 0.639. The number of rotatable bonds is 4. The maximum atomic E-state index is 12.0. The Kier molecular flexibility index (Phi) is 3.82. The first-order valence-corrected chi connectivity index (χ1v) is 6.52. The van der Waals surface area contributed by atoms with Gasteiger partial charge < -0.3 is 4.90 Å². The normalized spacial score (nSPS) is 31.6. The molecule has 0 aliphatic carbocycles. The molecule has 4 heteroatoms. The smallest absolute Gasteiger partial charge is 0.240 e. The topological polar surface area (TPSA) is 35.6 Å². The molecule has 2 aliphatic rings. The highest BCUT2D eigenvalue weighted by Gasteiger charge is 2.33. The summed E-state index contributed by atoms with van der Waals surface area (Å²) in [5.74, 6) is 0.297. The minimum atomic E-state index is 0.0662. The number of carbonyl (C=O) groups excluding carboxylic acids is 1. The Morgan fingerprint density at radius 2 is 2.25 bits per heavy atom. The second-order valence-corrected chi connectivity index (χ2v) is 4.81. The third kappa shape index (κ3) is 2.23. The van der Waals surface area contributed by atoms with Gasteiger partial charge in [0.15, 0.2) is 0 Å². The van der Waals surface area contributed by atoms with E-state index in [1.54, 1.807) is 0 Å². The first-order valence-electron chi connectivity index (χ1n) is 6.52. The molecule has 2 saturated heterocycles. The minimum Gasteiger partial charge on any atom is -0.327 e. The van der Waals surface area contributed by atoms with Crippen molar-refractivity contribution in [2.24, 2.45) is 0 Å². The van der Waals surface area contributed by atoms with Crippen LogP contribution in [-0.4, -0.2) is 54.1 Å². The highest BCUT2D eigenvalue weighted by Crippen LogP contribution is 2.19. The fourth-order valence-corrected chi connectivity index (χ4v) is 2.85. The van der Waals surface area contributed by atoms with Crippen LogP contribution in [0.2, 0.25) is 0 Å². The molecule has 0 saturated carbocycles. The Morgan fingerprint density at radius 1 is 1.44 bits per heavy atom. The van der Waals surface area contributed by atoms with Crippen molar-refractivity contribution < 1.29 is 4.79 Å². The zero-order valence-electron chi connectivity index (χ0n) is 10.4. The lowest BCUT2D eigenvalue weighted by atomic mass is 10.2. The molecule has 2 fully saturated rings. The largest absolute Gasteiger partial charge is 0.327 e. The third-order valence-electron chi connectivity index (χ3n) is 3.88. The van der Waals surface area contributed by atoms with Gasteiger partial charge in [-0.05, 0) is 32.4 Å². The van der Waals surface area contributed by atoms with Crippen LogP contribution in [-0.2, 0) is 4.79 Å². The summed E-state index contributed by atoms with van der Waals surface area (Å²) in [6.07, 6.45) is 3.43. The van der Waals surface area contributed by atoms with Crippen molar-refractivity contribution in [3.63, 3.8) is 0 Å². The number of likely N-dealkylation sites (N-methyl/N-ethyl adjacent to an activating group) is 1. The molecule has 0 radical (unpaired) electrons.